The second-order valence-electron chi connectivity index (χ2n) is 19.0. The average molecular weight is 828 g/mol. The molecule has 0 aliphatic heterocycles. The van der Waals surface area contributed by atoms with E-state index in [0.717, 1.165) is 55.4 Å². The Morgan fingerprint density at radius 2 is 0.797 bits per heavy atom. The maximum absolute atomic E-state index is 5.25. The van der Waals surface area contributed by atoms with Gasteiger partial charge in [0.05, 0.1) is 27.8 Å². The first-order valence-electron chi connectivity index (χ1n) is 22.2. The van der Waals surface area contributed by atoms with Crippen LogP contribution in [0.25, 0.3) is 100 Å². The van der Waals surface area contributed by atoms with E-state index >= 15 is 0 Å². The molecule has 0 atom stereocenters. The molecule has 310 valence electrons. The molecule has 64 heavy (non-hydrogen) atoms. The summed E-state index contributed by atoms with van der Waals surface area (Å²) in [4.78, 5) is 15.7. The van der Waals surface area contributed by atoms with Crippen LogP contribution in [0.1, 0.15) is 52.7 Å². The summed E-state index contributed by atoms with van der Waals surface area (Å²) < 4.78 is 4.88. The number of fused-ring (bicyclic) bond motifs is 6. The maximum atomic E-state index is 5.25. The molecule has 5 heteroatoms. The fourth-order valence-electron chi connectivity index (χ4n) is 9.29. The first-order chi connectivity index (χ1) is 31.0. The van der Waals surface area contributed by atoms with E-state index in [1.165, 1.54) is 38.5 Å². The predicted octanol–water partition coefficient (Wildman–Crippen LogP) is 15.3. The lowest BCUT2D eigenvalue weighted by molar-refractivity contribution is 0.590. The van der Waals surface area contributed by atoms with E-state index in [1.807, 2.05) is 0 Å². The van der Waals surface area contributed by atoms with E-state index in [4.69, 9.17) is 15.0 Å². The van der Waals surface area contributed by atoms with Gasteiger partial charge in [-0.15, -0.1) is 0 Å². The molecule has 0 saturated carbocycles. The van der Waals surface area contributed by atoms with E-state index in [9.17, 15) is 0 Å². The topological polar surface area (TPSA) is 48.5 Å². The number of rotatable bonds is 6. The number of hydrogen-bond acceptors (Lipinski definition) is 3. The Morgan fingerprint density at radius 3 is 1.42 bits per heavy atom. The Labute approximate surface area is 374 Å². The van der Waals surface area contributed by atoms with Crippen molar-refractivity contribution in [1.29, 1.82) is 0 Å². The third kappa shape index (κ3) is 6.76. The van der Waals surface area contributed by atoms with E-state index < -0.39 is 0 Å². The summed E-state index contributed by atoms with van der Waals surface area (Å²) >= 11 is 0. The van der Waals surface area contributed by atoms with Gasteiger partial charge in [0.2, 0.25) is 0 Å². The summed E-state index contributed by atoms with van der Waals surface area (Å²) in [5.41, 5.74) is 14.4. The van der Waals surface area contributed by atoms with Crippen molar-refractivity contribution >= 4 is 43.6 Å². The van der Waals surface area contributed by atoms with Gasteiger partial charge < -0.3 is 9.13 Å². The molecule has 11 rings (SSSR count). The fraction of sp³-hybridized carbons (Fsp3) is 0.136. The SMILES string of the molecule is CC(C)(C)c1cccc(-c2nc(-c3cccc(C(C)(C)C)c3)nc(-c3ccc4c(c3)c3ccccc3n4-c3cccc4c5ccccc5n(-c5cccc(-c6ccccc6)c5)c34)n2)c1. The summed E-state index contributed by atoms with van der Waals surface area (Å²) in [6.45, 7) is 13.4. The standard InChI is InChI=1S/C59H49N5/c1-58(2,3)43-23-14-21-40(34-43)55-60-56(41-22-15-24-44(35-41)59(4,5)6)62-57(61-55)42-32-33-52-49(37-42)47-27-11-13-30-51(47)64(52)53-31-17-28-48-46-26-10-12-29-50(46)63(54(48)53)45-25-16-20-39(36-45)38-18-8-7-9-19-38/h7-37H,1-6H3. The Kier molecular flexibility index (Phi) is 9.21. The van der Waals surface area contributed by atoms with Crippen LogP contribution >= 0.6 is 0 Å². The van der Waals surface area contributed by atoms with Crippen molar-refractivity contribution < 1.29 is 0 Å². The molecule has 0 unspecified atom stereocenters. The van der Waals surface area contributed by atoms with Crippen LogP contribution in [0.4, 0.5) is 0 Å². The monoisotopic (exact) mass is 827 g/mol. The van der Waals surface area contributed by atoms with Crippen LogP contribution in [0.2, 0.25) is 0 Å². The molecule has 0 aliphatic rings. The minimum Gasteiger partial charge on any atom is -0.307 e. The minimum atomic E-state index is -0.0279. The molecule has 11 aromatic rings. The lowest BCUT2D eigenvalue weighted by Crippen LogP contribution is -2.11. The number of nitrogens with zero attached hydrogens (tertiary/aromatic N) is 5. The summed E-state index contributed by atoms with van der Waals surface area (Å²) in [6.07, 6.45) is 0. The highest BCUT2D eigenvalue weighted by Gasteiger charge is 2.23. The van der Waals surface area contributed by atoms with Crippen molar-refractivity contribution in [2.45, 2.75) is 52.4 Å². The number of aromatic nitrogens is 5. The van der Waals surface area contributed by atoms with Gasteiger partial charge >= 0.3 is 0 Å². The average Bonchev–Trinajstić information content (AvgIpc) is 3.84. The molecule has 3 heterocycles. The van der Waals surface area contributed by atoms with Crippen LogP contribution in [-0.4, -0.2) is 24.1 Å². The van der Waals surface area contributed by atoms with Crippen LogP contribution in [0.3, 0.4) is 0 Å². The van der Waals surface area contributed by atoms with E-state index in [2.05, 4.69) is 239 Å². The Bertz CT molecular complexity index is 3500. The van der Waals surface area contributed by atoms with Crippen molar-refractivity contribution in [3.8, 4) is 56.7 Å². The molecule has 0 amide bonds. The highest BCUT2D eigenvalue weighted by atomic mass is 15.1. The van der Waals surface area contributed by atoms with Crippen LogP contribution in [0.15, 0.2) is 188 Å². The van der Waals surface area contributed by atoms with Gasteiger partial charge in [-0.1, -0.05) is 169 Å². The summed E-state index contributed by atoms with van der Waals surface area (Å²) in [5, 5.41) is 4.72. The minimum absolute atomic E-state index is 0.0279. The number of hydrogen-bond donors (Lipinski definition) is 0. The van der Waals surface area contributed by atoms with Gasteiger partial charge in [-0.3, -0.25) is 0 Å². The highest BCUT2D eigenvalue weighted by molar-refractivity contribution is 6.15. The molecule has 0 bridgehead atoms. The van der Waals surface area contributed by atoms with E-state index in [-0.39, 0.29) is 10.8 Å². The summed E-state index contributed by atoms with van der Waals surface area (Å²) in [7, 11) is 0. The number of benzene rings is 8. The third-order valence-corrected chi connectivity index (χ3v) is 12.7. The van der Waals surface area contributed by atoms with Crippen molar-refractivity contribution in [3.63, 3.8) is 0 Å². The molecule has 5 nitrogen and oxygen atoms in total. The van der Waals surface area contributed by atoms with Crippen molar-refractivity contribution in [1.82, 2.24) is 24.1 Å². The predicted molar refractivity (Wildman–Crippen MR) is 268 cm³/mol. The molecule has 0 radical (unpaired) electrons. The van der Waals surface area contributed by atoms with E-state index in [1.54, 1.807) is 0 Å². The lowest BCUT2D eigenvalue weighted by atomic mass is 9.86. The second kappa shape index (κ2) is 15.0. The smallest absolute Gasteiger partial charge is 0.164 e. The van der Waals surface area contributed by atoms with Crippen molar-refractivity contribution in [2.75, 3.05) is 0 Å². The van der Waals surface area contributed by atoms with Gasteiger partial charge in [0.15, 0.2) is 17.5 Å². The van der Waals surface area contributed by atoms with Gasteiger partial charge in [-0.25, -0.2) is 15.0 Å². The van der Waals surface area contributed by atoms with Gasteiger partial charge in [-0.05, 0) is 93.7 Å². The molecule has 3 aromatic heterocycles. The Hall–Kier alpha value is -7.63. The normalized spacial score (nSPS) is 12.2. The summed E-state index contributed by atoms with van der Waals surface area (Å²) in [6, 6.07) is 67.7. The fourth-order valence-corrected chi connectivity index (χ4v) is 9.29. The van der Waals surface area contributed by atoms with Gasteiger partial charge in [0.25, 0.3) is 0 Å². The number of para-hydroxylation sites is 3. The molecule has 0 aliphatic carbocycles. The summed E-state index contributed by atoms with van der Waals surface area (Å²) in [5.74, 6) is 1.96. The quantitative estimate of drug-likeness (QED) is 0.168. The van der Waals surface area contributed by atoms with Gasteiger partial charge in [-0.2, -0.15) is 0 Å². The van der Waals surface area contributed by atoms with Crippen LogP contribution < -0.4 is 0 Å². The van der Waals surface area contributed by atoms with Crippen LogP contribution in [0.5, 0.6) is 0 Å². The van der Waals surface area contributed by atoms with Crippen LogP contribution in [0, 0.1) is 0 Å². The third-order valence-electron chi connectivity index (χ3n) is 12.7. The van der Waals surface area contributed by atoms with Crippen molar-refractivity contribution in [2.24, 2.45) is 0 Å². The van der Waals surface area contributed by atoms with Gasteiger partial charge in [0.1, 0.15) is 0 Å². The Morgan fingerprint density at radius 1 is 0.328 bits per heavy atom. The highest BCUT2D eigenvalue weighted by Crippen LogP contribution is 2.41. The molecular weight excluding hydrogens is 779 g/mol. The van der Waals surface area contributed by atoms with Crippen LogP contribution in [-0.2, 0) is 10.8 Å². The molecular formula is C59H49N5. The first-order valence-corrected chi connectivity index (χ1v) is 22.2. The first kappa shape index (κ1) is 39.2. The zero-order valence-electron chi connectivity index (χ0n) is 37.1. The largest absolute Gasteiger partial charge is 0.307 e. The zero-order chi connectivity index (χ0) is 43.7. The maximum Gasteiger partial charge on any atom is 0.164 e. The zero-order valence-corrected chi connectivity index (χ0v) is 37.1. The Balaban J connectivity index is 1.13. The molecule has 0 fully saturated rings. The lowest BCUT2D eigenvalue weighted by Gasteiger charge is -2.20. The van der Waals surface area contributed by atoms with Gasteiger partial charge in [0, 0.05) is 43.9 Å². The molecule has 8 aromatic carbocycles. The van der Waals surface area contributed by atoms with E-state index in [0.29, 0.717) is 17.5 Å². The molecule has 0 saturated heterocycles. The second-order valence-corrected chi connectivity index (χ2v) is 19.0. The molecule has 0 N–H and O–H groups in total. The molecule has 0 spiro atoms. The van der Waals surface area contributed by atoms with Crippen molar-refractivity contribution in [3.05, 3.63) is 199 Å².